The van der Waals surface area contributed by atoms with Crippen LogP contribution in [0.2, 0.25) is 0 Å². The Kier molecular flexibility index (Phi) is 4.79. The molecule has 1 aliphatic carbocycles. The molecule has 1 aromatic carbocycles. The molecule has 0 amide bonds. The second kappa shape index (κ2) is 6.57. The highest BCUT2D eigenvalue weighted by Gasteiger charge is 2.06. The number of aromatic hydroxyl groups is 1. The molecule has 0 aliphatic heterocycles. The van der Waals surface area contributed by atoms with Crippen molar-refractivity contribution in [2.75, 3.05) is 5.73 Å². The van der Waals surface area contributed by atoms with Crippen LogP contribution in [0.25, 0.3) is 10.8 Å². The number of nitrogens with two attached hydrogens (primary N) is 2. The Morgan fingerprint density at radius 1 is 1.20 bits per heavy atom. The summed E-state index contributed by atoms with van der Waals surface area (Å²) in [5, 5.41) is 11.2. The van der Waals surface area contributed by atoms with E-state index >= 15 is 0 Å². The Hall–Kier alpha value is -1.81. The van der Waals surface area contributed by atoms with Crippen LogP contribution in [-0.2, 0) is 0 Å². The van der Waals surface area contributed by atoms with Crippen LogP contribution in [-0.4, -0.2) is 16.1 Å². The molecule has 1 aliphatic rings. The highest BCUT2D eigenvalue weighted by molar-refractivity contribution is 5.92. The molecule has 3 rings (SSSR count). The van der Waals surface area contributed by atoms with Crippen molar-refractivity contribution >= 4 is 16.6 Å². The third kappa shape index (κ3) is 3.61. The van der Waals surface area contributed by atoms with Gasteiger partial charge in [-0.15, -0.1) is 0 Å². The molecule has 0 radical (unpaired) electrons. The highest BCUT2D eigenvalue weighted by atomic mass is 16.3. The maximum absolute atomic E-state index is 9.45. The van der Waals surface area contributed by atoms with E-state index in [-0.39, 0.29) is 5.75 Å². The van der Waals surface area contributed by atoms with E-state index in [1.165, 1.54) is 32.1 Å². The smallest absolute Gasteiger partial charge is 0.131 e. The van der Waals surface area contributed by atoms with Gasteiger partial charge in [0.05, 0.1) is 0 Å². The quantitative estimate of drug-likeness (QED) is 0.688. The largest absolute Gasteiger partial charge is 0.508 e. The van der Waals surface area contributed by atoms with Gasteiger partial charge in [0.25, 0.3) is 0 Å². The lowest BCUT2D eigenvalue weighted by molar-refractivity contribution is 0.441. The normalized spacial score (nSPS) is 15.7. The van der Waals surface area contributed by atoms with Gasteiger partial charge in [0.15, 0.2) is 0 Å². The van der Waals surface area contributed by atoms with E-state index in [4.69, 9.17) is 11.5 Å². The van der Waals surface area contributed by atoms with Crippen LogP contribution in [0.3, 0.4) is 0 Å². The van der Waals surface area contributed by atoms with Crippen molar-refractivity contribution in [3.05, 3.63) is 30.0 Å². The molecule has 1 heterocycles. The fourth-order valence-corrected chi connectivity index (χ4v) is 2.47. The highest BCUT2D eigenvalue weighted by Crippen LogP contribution is 2.26. The lowest BCUT2D eigenvalue weighted by Gasteiger charge is -2.15. The maximum atomic E-state index is 9.45. The molecule has 4 heteroatoms. The number of nitrogens with zero attached hydrogens (tertiary/aromatic N) is 1. The number of pyridine rings is 1. The predicted octanol–water partition coefficient (Wildman–Crippen LogP) is 3.11. The van der Waals surface area contributed by atoms with E-state index in [1.807, 2.05) is 19.1 Å². The zero-order valence-electron chi connectivity index (χ0n) is 12.0. The SMILES string of the molecule is Cc1cc2c(N)nccc2cc1O.NC1CCCCC1. The molecule has 0 unspecified atom stereocenters. The molecule has 0 saturated heterocycles. The van der Waals surface area contributed by atoms with Gasteiger partial charge < -0.3 is 16.6 Å². The van der Waals surface area contributed by atoms with Crippen molar-refractivity contribution in [3.8, 4) is 5.75 Å². The summed E-state index contributed by atoms with van der Waals surface area (Å²) >= 11 is 0. The molecule has 108 valence electrons. The fraction of sp³-hybridized carbons (Fsp3) is 0.438. The Morgan fingerprint density at radius 3 is 2.50 bits per heavy atom. The van der Waals surface area contributed by atoms with Crippen LogP contribution in [0.1, 0.15) is 37.7 Å². The topological polar surface area (TPSA) is 85.2 Å². The lowest BCUT2D eigenvalue weighted by Crippen LogP contribution is -2.22. The number of anilines is 1. The summed E-state index contributed by atoms with van der Waals surface area (Å²) in [4.78, 5) is 3.97. The fourth-order valence-electron chi connectivity index (χ4n) is 2.47. The van der Waals surface area contributed by atoms with E-state index < -0.39 is 0 Å². The summed E-state index contributed by atoms with van der Waals surface area (Å²) in [6, 6.07) is 5.90. The number of fused-ring (bicyclic) bond motifs is 1. The van der Waals surface area contributed by atoms with Crippen molar-refractivity contribution in [3.63, 3.8) is 0 Å². The number of aryl methyl sites for hydroxylation is 1. The molecular weight excluding hydrogens is 250 g/mol. The van der Waals surface area contributed by atoms with Gasteiger partial charge in [-0.1, -0.05) is 19.3 Å². The van der Waals surface area contributed by atoms with Crippen LogP contribution < -0.4 is 11.5 Å². The number of rotatable bonds is 0. The summed E-state index contributed by atoms with van der Waals surface area (Å²) in [7, 11) is 0. The molecule has 20 heavy (non-hydrogen) atoms. The van der Waals surface area contributed by atoms with Crippen molar-refractivity contribution < 1.29 is 5.11 Å². The first-order valence-corrected chi connectivity index (χ1v) is 7.17. The predicted molar refractivity (Wildman–Crippen MR) is 83.6 cm³/mol. The molecule has 1 fully saturated rings. The second-order valence-electron chi connectivity index (χ2n) is 5.45. The summed E-state index contributed by atoms with van der Waals surface area (Å²) < 4.78 is 0. The number of nitrogen functional groups attached to an aromatic ring is 1. The number of phenolic OH excluding ortho intramolecular Hbond substituents is 1. The van der Waals surface area contributed by atoms with E-state index in [0.29, 0.717) is 11.9 Å². The minimum absolute atomic E-state index is 0.290. The summed E-state index contributed by atoms with van der Waals surface area (Å²) in [6.07, 6.45) is 8.29. The zero-order chi connectivity index (χ0) is 14.5. The van der Waals surface area contributed by atoms with Gasteiger partial charge >= 0.3 is 0 Å². The Labute approximate surface area is 119 Å². The van der Waals surface area contributed by atoms with Crippen LogP contribution >= 0.6 is 0 Å². The molecule has 0 atom stereocenters. The van der Waals surface area contributed by atoms with Crippen molar-refractivity contribution in [2.24, 2.45) is 5.73 Å². The molecule has 4 nitrogen and oxygen atoms in total. The first-order chi connectivity index (χ1) is 9.58. The van der Waals surface area contributed by atoms with Gasteiger partial charge in [-0.3, -0.25) is 0 Å². The van der Waals surface area contributed by atoms with Gasteiger partial charge in [-0.2, -0.15) is 0 Å². The van der Waals surface area contributed by atoms with Gasteiger partial charge in [-0.25, -0.2) is 4.98 Å². The third-order valence-electron chi connectivity index (χ3n) is 3.76. The van der Waals surface area contributed by atoms with Gasteiger partial charge in [0.2, 0.25) is 0 Å². The van der Waals surface area contributed by atoms with Crippen molar-refractivity contribution in [2.45, 2.75) is 45.1 Å². The van der Waals surface area contributed by atoms with Gasteiger partial charge in [0, 0.05) is 17.6 Å². The van der Waals surface area contributed by atoms with Gasteiger partial charge in [0.1, 0.15) is 11.6 Å². The number of aromatic nitrogens is 1. The van der Waals surface area contributed by atoms with Crippen molar-refractivity contribution in [1.29, 1.82) is 0 Å². The molecular formula is C16H23N3O. The molecule has 0 spiro atoms. The first kappa shape index (κ1) is 14.6. The Balaban J connectivity index is 0.000000178. The number of phenols is 1. The van der Waals surface area contributed by atoms with E-state index in [2.05, 4.69) is 4.98 Å². The summed E-state index contributed by atoms with van der Waals surface area (Å²) in [5.41, 5.74) is 12.1. The number of hydrogen-bond donors (Lipinski definition) is 3. The Morgan fingerprint density at radius 2 is 1.90 bits per heavy atom. The average molecular weight is 273 g/mol. The van der Waals surface area contributed by atoms with Gasteiger partial charge in [-0.05, 0) is 48.9 Å². The third-order valence-corrected chi connectivity index (χ3v) is 3.76. The molecule has 2 aromatic rings. The lowest BCUT2D eigenvalue weighted by atomic mass is 9.97. The molecule has 1 aromatic heterocycles. The number of hydrogen-bond acceptors (Lipinski definition) is 4. The maximum Gasteiger partial charge on any atom is 0.131 e. The second-order valence-corrected chi connectivity index (χ2v) is 5.45. The van der Waals surface area contributed by atoms with E-state index in [9.17, 15) is 5.11 Å². The van der Waals surface area contributed by atoms with E-state index in [1.54, 1.807) is 12.3 Å². The molecule has 5 N–H and O–H groups in total. The van der Waals surface area contributed by atoms with E-state index in [0.717, 1.165) is 16.3 Å². The summed E-state index contributed by atoms with van der Waals surface area (Å²) in [6.45, 7) is 1.83. The summed E-state index contributed by atoms with van der Waals surface area (Å²) in [5.74, 6) is 0.790. The van der Waals surface area contributed by atoms with Crippen LogP contribution in [0, 0.1) is 6.92 Å². The van der Waals surface area contributed by atoms with Crippen LogP contribution in [0.15, 0.2) is 24.4 Å². The average Bonchev–Trinajstić information content (AvgIpc) is 2.43. The Bertz CT molecular complexity index is 577. The molecule has 1 saturated carbocycles. The monoisotopic (exact) mass is 273 g/mol. The standard InChI is InChI=1S/C10H10N2O.C6H13N/c1-6-4-8-7(5-9(6)13)2-3-12-10(8)11;7-6-4-2-1-3-5-6/h2-5,13H,1H3,(H2,11,12);6H,1-5,7H2. The van der Waals surface area contributed by atoms with Crippen LogP contribution in [0.5, 0.6) is 5.75 Å². The van der Waals surface area contributed by atoms with Crippen LogP contribution in [0.4, 0.5) is 5.82 Å². The molecule has 0 bridgehead atoms. The first-order valence-electron chi connectivity index (χ1n) is 7.17. The zero-order valence-corrected chi connectivity index (χ0v) is 12.0. The van der Waals surface area contributed by atoms with Crippen molar-refractivity contribution in [1.82, 2.24) is 4.98 Å². The minimum Gasteiger partial charge on any atom is -0.508 e. The number of benzene rings is 1. The minimum atomic E-state index is 0.290.